The van der Waals surface area contributed by atoms with Crippen molar-refractivity contribution in [2.75, 3.05) is 12.3 Å². The molecule has 1 aliphatic heterocycles. The SMILES string of the molecule is Cc1cc(C)c(OCC2Cc3cc(F)ccc3O2)c(N)c1. The van der Waals surface area contributed by atoms with Gasteiger partial charge in [-0.05, 0) is 49.2 Å². The molecule has 2 aromatic rings. The first-order valence-electron chi connectivity index (χ1n) is 6.97. The molecule has 0 aliphatic carbocycles. The number of halogens is 1. The fourth-order valence-corrected chi connectivity index (χ4v) is 2.74. The van der Waals surface area contributed by atoms with E-state index in [1.54, 1.807) is 6.07 Å². The maximum atomic E-state index is 13.2. The highest BCUT2D eigenvalue weighted by molar-refractivity contribution is 5.58. The third kappa shape index (κ3) is 2.79. The highest BCUT2D eigenvalue weighted by Crippen LogP contribution is 2.31. The summed E-state index contributed by atoms with van der Waals surface area (Å²) in [6.45, 7) is 4.36. The van der Waals surface area contributed by atoms with Crippen molar-refractivity contribution in [3.05, 3.63) is 52.8 Å². The van der Waals surface area contributed by atoms with Crippen LogP contribution in [0.1, 0.15) is 16.7 Å². The minimum Gasteiger partial charge on any atom is -0.487 e. The van der Waals surface area contributed by atoms with Crippen LogP contribution in [0.25, 0.3) is 0 Å². The number of benzene rings is 2. The molecule has 3 rings (SSSR count). The zero-order chi connectivity index (χ0) is 15.0. The first kappa shape index (κ1) is 13.7. The van der Waals surface area contributed by atoms with E-state index in [0.717, 1.165) is 22.4 Å². The smallest absolute Gasteiger partial charge is 0.145 e. The van der Waals surface area contributed by atoms with Crippen molar-refractivity contribution in [3.63, 3.8) is 0 Å². The van der Waals surface area contributed by atoms with Gasteiger partial charge in [0.15, 0.2) is 0 Å². The van der Waals surface area contributed by atoms with Crippen LogP contribution in [-0.4, -0.2) is 12.7 Å². The molecule has 2 N–H and O–H groups in total. The first-order valence-corrected chi connectivity index (χ1v) is 6.97. The highest BCUT2D eigenvalue weighted by atomic mass is 19.1. The van der Waals surface area contributed by atoms with E-state index in [9.17, 15) is 4.39 Å². The molecule has 0 aromatic heterocycles. The lowest BCUT2D eigenvalue weighted by atomic mass is 10.1. The Morgan fingerprint density at radius 1 is 1.29 bits per heavy atom. The van der Waals surface area contributed by atoms with Crippen molar-refractivity contribution in [1.82, 2.24) is 0 Å². The van der Waals surface area contributed by atoms with Gasteiger partial charge in [-0.2, -0.15) is 0 Å². The summed E-state index contributed by atoms with van der Waals surface area (Å²) < 4.78 is 24.8. The van der Waals surface area contributed by atoms with E-state index in [0.29, 0.717) is 24.5 Å². The lowest BCUT2D eigenvalue weighted by Gasteiger charge is -2.16. The fraction of sp³-hybridized carbons (Fsp3) is 0.294. The van der Waals surface area contributed by atoms with E-state index in [4.69, 9.17) is 15.2 Å². The summed E-state index contributed by atoms with van der Waals surface area (Å²) in [5.74, 6) is 1.20. The molecule has 1 unspecified atom stereocenters. The summed E-state index contributed by atoms with van der Waals surface area (Å²) in [5.41, 5.74) is 9.63. The average molecular weight is 287 g/mol. The molecule has 0 saturated heterocycles. The summed E-state index contributed by atoms with van der Waals surface area (Å²) in [5, 5.41) is 0. The molecule has 0 spiro atoms. The second-order valence-corrected chi connectivity index (χ2v) is 5.51. The molecule has 1 aliphatic rings. The lowest BCUT2D eigenvalue weighted by molar-refractivity contribution is 0.148. The summed E-state index contributed by atoms with van der Waals surface area (Å²) >= 11 is 0. The number of ether oxygens (including phenoxy) is 2. The molecule has 0 saturated carbocycles. The van der Waals surface area contributed by atoms with Crippen LogP contribution in [0.4, 0.5) is 10.1 Å². The van der Waals surface area contributed by atoms with Gasteiger partial charge >= 0.3 is 0 Å². The van der Waals surface area contributed by atoms with Gasteiger partial charge in [-0.1, -0.05) is 6.07 Å². The Bertz CT molecular complexity index is 661. The van der Waals surface area contributed by atoms with Crippen molar-refractivity contribution in [2.24, 2.45) is 0 Å². The second kappa shape index (κ2) is 5.28. The maximum absolute atomic E-state index is 13.2. The number of fused-ring (bicyclic) bond motifs is 1. The van der Waals surface area contributed by atoms with E-state index in [1.807, 2.05) is 26.0 Å². The van der Waals surface area contributed by atoms with Crippen LogP contribution >= 0.6 is 0 Å². The van der Waals surface area contributed by atoms with Gasteiger partial charge in [0.05, 0.1) is 5.69 Å². The van der Waals surface area contributed by atoms with E-state index in [1.165, 1.54) is 12.1 Å². The van der Waals surface area contributed by atoms with Crippen molar-refractivity contribution in [1.29, 1.82) is 0 Å². The normalized spacial score (nSPS) is 16.4. The maximum Gasteiger partial charge on any atom is 0.145 e. The Morgan fingerprint density at radius 3 is 2.86 bits per heavy atom. The molecule has 0 bridgehead atoms. The predicted molar refractivity (Wildman–Crippen MR) is 80.3 cm³/mol. The lowest BCUT2D eigenvalue weighted by Crippen LogP contribution is -2.23. The number of hydrogen-bond acceptors (Lipinski definition) is 3. The number of rotatable bonds is 3. The van der Waals surface area contributed by atoms with Gasteiger partial charge in [0.1, 0.15) is 30.0 Å². The van der Waals surface area contributed by atoms with Gasteiger partial charge in [-0.25, -0.2) is 4.39 Å². The van der Waals surface area contributed by atoms with E-state index in [2.05, 4.69) is 0 Å². The molecule has 2 aromatic carbocycles. The minimum atomic E-state index is -0.238. The van der Waals surface area contributed by atoms with Crippen molar-refractivity contribution in [2.45, 2.75) is 26.4 Å². The van der Waals surface area contributed by atoms with Crippen LogP contribution in [-0.2, 0) is 6.42 Å². The van der Waals surface area contributed by atoms with Crippen LogP contribution in [0.3, 0.4) is 0 Å². The number of aryl methyl sites for hydroxylation is 2. The standard InChI is InChI=1S/C17H18FNO2/c1-10-5-11(2)17(15(19)6-10)20-9-14-8-12-7-13(18)3-4-16(12)21-14/h3-7,14H,8-9,19H2,1-2H3. The molecule has 4 heteroatoms. The predicted octanol–water partition coefficient (Wildman–Crippen LogP) is 3.41. The molecule has 0 amide bonds. The number of nitrogen functional groups attached to an aromatic ring is 1. The molecule has 0 radical (unpaired) electrons. The van der Waals surface area contributed by atoms with Gasteiger partial charge in [0, 0.05) is 12.0 Å². The van der Waals surface area contributed by atoms with Crippen molar-refractivity contribution < 1.29 is 13.9 Å². The average Bonchev–Trinajstić information content (AvgIpc) is 2.79. The third-order valence-electron chi connectivity index (χ3n) is 3.63. The van der Waals surface area contributed by atoms with Crippen molar-refractivity contribution >= 4 is 5.69 Å². The van der Waals surface area contributed by atoms with E-state index >= 15 is 0 Å². The number of anilines is 1. The Hall–Kier alpha value is -2.23. The topological polar surface area (TPSA) is 44.5 Å². The monoisotopic (exact) mass is 287 g/mol. The first-order chi connectivity index (χ1) is 10.0. The van der Waals surface area contributed by atoms with Crippen LogP contribution in [0.15, 0.2) is 30.3 Å². The highest BCUT2D eigenvalue weighted by Gasteiger charge is 2.24. The number of nitrogens with two attached hydrogens (primary N) is 1. The van der Waals surface area contributed by atoms with E-state index in [-0.39, 0.29) is 11.9 Å². The van der Waals surface area contributed by atoms with Crippen LogP contribution in [0.5, 0.6) is 11.5 Å². The minimum absolute atomic E-state index is 0.109. The number of hydrogen-bond donors (Lipinski definition) is 1. The van der Waals surface area contributed by atoms with Gasteiger partial charge in [0.2, 0.25) is 0 Å². The Morgan fingerprint density at radius 2 is 2.10 bits per heavy atom. The summed E-state index contributed by atoms with van der Waals surface area (Å²) in [6.07, 6.45) is 0.541. The van der Waals surface area contributed by atoms with Gasteiger partial charge in [-0.3, -0.25) is 0 Å². The zero-order valence-corrected chi connectivity index (χ0v) is 12.2. The Kier molecular flexibility index (Phi) is 3.45. The van der Waals surface area contributed by atoms with Crippen LogP contribution < -0.4 is 15.2 Å². The van der Waals surface area contributed by atoms with Gasteiger partial charge in [0.25, 0.3) is 0 Å². The quantitative estimate of drug-likeness (QED) is 0.880. The zero-order valence-electron chi connectivity index (χ0n) is 12.2. The molecule has 110 valence electrons. The molecule has 1 heterocycles. The molecular formula is C17H18FNO2. The fourth-order valence-electron chi connectivity index (χ4n) is 2.74. The third-order valence-corrected chi connectivity index (χ3v) is 3.63. The Balaban J connectivity index is 1.68. The molecule has 3 nitrogen and oxygen atoms in total. The van der Waals surface area contributed by atoms with Gasteiger partial charge < -0.3 is 15.2 Å². The van der Waals surface area contributed by atoms with E-state index < -0.39 is 0 Å². The molecule has 21 heavy (non-hydrogen) atoms. The van der Waals surface area contributed by atoms with Crippen LogP contribution in [0.2, 0.25) is 0 Å². The summed E-state index contributed by atoms with van der Waals surface area (Å²) in [4.78, 5) is 0. The van der Waals surface area contributed by atoms with Crippen LogP contribution in [0, 0.1) is 19.7 Å². The molecule has 0 fully saturated rings. The largest absolute Gasteiger partial charge is 0.487 e. The summed E-state index contributed by atoms with van der Waals surface area (Å²) in [6, 6.07) is 8.51. The second-order valence-electron chi connectivity index (χ2n) is 5.51. The molecular weight excluding hydrogens is 269 g/mol. The van der Waals surface area contributed by atoms with Crippen molar-refractivity contribution in [3.8, 4) is 11.5 Å². The summed E-state index contributed by atoms with van der Waals surface area (Å²) in [7, 11) is 0. The van der Waals surface area contributed by atoms with Gasteiger partial charge in [-0.15, -0.1) is 0 Å². The molecule has 1 atom stereocenters. The Labute approximate surface area is 123 Å².